The molecule has 1 aromatic heterocycles. The summed E-state index contributed by atoms with van der Waals surface area (Å²) >= 11 is 3.47. The van der Waals surface area contributed by atoms with Crippen molar-refractivity contribution in [1.29, 1.82) is 0 Å². The molecule has 3 aromatic rings. The number of thioether (sulfide) groups is 1. The van der Waals surface area contributed by atoms with Crippen molar-refractivity contribution in [3.63, 3.8) is 0 Å². The van der Waals surface area contributed by atoms with Crippen LogP contribution in [0.15, 0.2) is 93.9 Å². The van der Waals surface area contributed by atoms with Crippen molar-refractivity contribution >= 4 is 51.0 Å². The minimum atomic E-state index is -0.834. The fraction of sp³-hybridized carbons (Fsp3) is 0.267. The summed E-state index contributed by atoms with van der Waals surface area (Å²) in [5.41, 5.74) is 5.07. The summed E-state index contributed by atoms with van der Waals surface area (Å²) < 4.78 is 2.97. The van der Waals surface area contributed by atoms with Crippen molar-refractivity contribution in [3.05, 3.63) is 94.0 Å². The lowest BCUT2D eigenvalue weighted by Crippen LogP contribution is -2.39. The molecule has 0 bridgehead atoms. The van der Waals surface area contributed by atoms with Crippen molar-refractivity contribution in [2.24, 2.45) is 5.41 Å². The molecule has 6 heteroatoms. The van der Waals surface area contributed by atoms with Crippen molar-refractivity contribution in [1.82, 2.24) is 0 Å². The molecule has 2 aromatic carbocycles. The zero-order valence-electron chi connectivity index (χ0n) is 20.9. The third kappa shape index (κ3) is 5.20. The molecular formula is C30H31N2O2S2+. The van der Waals surface area contributed by atoms with Crippen LogP contribution in [0.3, 0.4) is 0 Å². The molecule has 36 heavy (non-hydrogen) atoms. The first-order chi connectivity index (χ1) is 17.3. The summed E-state index contributed by atoms with van der Waals surface area (Å²) in [7, 11) is 0. The molecule has 184 valence electrons. The standard InChI is InChI=1S/C30H30N2O2S2/c1-4-31-23-11-5-7-13-25(23)36-28(31)17-22-16-21(18-30(2,3)19-22)10-9-15-27-32(20-29(33)34)24-12-6-8-14-26(24)35-27/h5-17H,4,18-20H2,1-3H3/p+1. The van der Waals surface area contributed by atoms with Gasteiger partial charge in [-0.05, 0) is 60.6 Å². The summed E-state index contributed by atoms with van der Waals surface area (Å²) in [6.07, 6.45) is 13.0. The topological polar surface area (TPSA) is 44.4 Å². The van der Waals surface area contributed by atoms with E-state index in [0.717, 1.165) is 34.6 Å². The van der Waals surface area contributed by atoms with E-state index in [0.29, 0.717) is 0 Å². The van der Waals surface area contributed by atoms with E-state index in [-0.39, 0.29) is 12.0 Å². The number of hydrogen-bond acceptors (Lipinski definition) is 4. The highest BCUT2D eigenvalue weighted by molar-refractivity contribution is 8.03. The fourth-order valence-corrected chi connectivity index (χ4v) is 7.36. The van der Waals surface area contributed by atoms with Crippen molar-refractivity contribution in [2.45, 2.75) is 45.1 Å². The Bertz CT molecular complexity index is 1440. The zero-order chi connectivity index (χ0) is 25.3. The largest absolute Gasteiger partial charge is 0.477 e. The van der Waals surface area contributed by atoms with Crippen LogP contribution in [0.1, 0.15) is 38.6 Å². The van der Waals surface area contributed by atoms with Gasteiger partial charge in [0.15, 0.2) is 0 Å². The second-order valence-electron chi connectivity index (χ2n) is 10.0. The van der Waals surface area contributed by atoms with Crippen LogP contribution < -0.4 is 9.47 Å². The maximum atomic E-state index is 11.5. The van der Waals surface area contributed by atoms with Crippen molar-refractivity contribution in [2.75, 3.05) is 11.4 Å². The summed E-state index contributed by atoms with van der Waals surface area (Å²) in [4.78, 5) is 15.2. The third-order valence-electron chi connectivity index (χ3n) is 6.48. The average Bonchev–Trinajstić information content (AvgIpc) is 3.35. The molecule has 0 saturated heterocycles. The van der Waals surface area contributed by atoms with Gasteiger partial charge in [-0.3, -0.25) is 0 Å². The highest BCUT2D eigenvalue weighted by Crippen LogP contribution is 2.47. The number of para-hydroxylation sites is 2. The van der Waals surface area contributed by atoms with Gasteiger partial charge < -0.3 is 10.0 Å². The molecule has 1 aliphatic carbocycles. The molecular weight excluding hydrogens is 484 g/mol. The molecule has 0 fully saturated rings. The number of anilines is 1. The first-order valence-corrected chi connectivity index (χ1v) is 13.9. The van der Waals surface area contributed by atoms with E-state index in [9.17, 15) is 9.90 Å². The zero-order valence-corrected chi connectivity index (χ0v) is 22.5. The summed E-state index contributed by atoms with van der Waals surface area (Å²) in [6.45, 7) is 7.77. The minimum absolute atomic E-state index is 0.0428. The van der Waals surface area contributed by atoms with E-state index in [2.05, 4.69) is 74.2 Å². The van der Waals surface area contributed by atoms with Crippen LogP contribution in [-0.2, 0) is 11.3 Å². The smallest absolute Gasteiger partial charge is 0.370 e. The van der Waals surface area contributed by atoms with Gasteiger partial charge in [0.05, 0.1) is 10.7 Å². The van der Waals surface area contributed by atoms with Crippen LogP contribution in [0.25, 0.3) is 16.3 Å². The number of carboxylic acid groups (broad SMARTS) is 1. The Labute approximate surface area is 221 Å². The Hall–Kier alpha value is -3.09. The molecule has 0 radical (unpaired) electrons. The second-order valence-corrected chi connectivity index (χ2v) is 12.1. The van der Waals surface area contributed by atoms with Gasteiger partial charge >= 0.3 is 5.97 Å². The van der Waals surface area contributed by atoms with Gasteiger partial charge in [0.2, 0.25) is 12.1 Å². The predicted molar refractivity (Wildman–Crippen MR) is 151 cm³/mol. The molecule has 4 nitrogen and oxygen atoms in total. The minimum Gasteiger partial charge on any atom is -0.477 e. The summed E-state index contributed by atoms with van der Waals surface area (Å²) in [5.74, 6) is -0.834. The first-order valence-electron chi connectivity index (χ1n) is 12.3. The van der Waals surface area contributed by atoms with E-state index < -0.39 is 5.97 Å². The Morgan fingerprint density at radius 3 is 2.72 bits per heavy atom. The fourth-order valence-electron chi connectivity index (χ4n) is 5.08. The van der Waals surface area contributed by atoms with E-state index in [1.165, 1.54) is 26.8 Å². The number of allylic oxidation sites excluding steroid dienone is 6. The lowest BCUT2D eigenvalue weighted by molar-refractivity contribution is -0.657. The highest BCUT2D eigenvalue weighted by atomic mass is 32.2. The quantitative estimate of drug-likeness (QED) is 0.347. The molecule has 1 N–H and O–H groups in total. The molecule has 1 aliphatic heterocycles. The Morgan fingerprint density at radius 1 is 1.14 bits per heavy atom. The van der Waals surface area contributed by atoms with Crippen LogP contribution in [0.5, 0.6) is 0 Å². The van der Waals surface area contributed by atoms with Crippen LogP contribution in [0, 0.1) is 5.41 Å². The summed E-state index contributed by atoms with van der Waals surface area (Å²) in [5, 5.41) is 11.7. The van der Waals surface area contributed by atoms with Gasteiger partial charge in [-0.2, -0.15) is 4.57 Å². The van der Waals surface area contributed by atoms with Gasteiger partial charge in [0, 0.05) is 23.6 Å². The average molecular weight is 516 g/mol. The van der Waals surface area contributed by atoms with Gasteiger partial charge in [0.1, 0.15) is 4.70 Å². The van der Waals surface area contributed by atoms with Crippen molar-refractivity contribution < 1.29 is 14.5 Å². The van der Waals surface area contributed by atoms with Crippen LogP contribution >= 0.6 is 23.1 Å². The SMILES string of the molecule is CCN1/C(=C/C2=CC(=C/C=C/c3sc4ccccc4[n+]3CC(=O)O)/CC(C)(C)C2)Sc2ccccc21. The molecule has 5 rings (SSSR count). The van der Waals surface area contributed by atoms with Gasteiger partial charge in [-0.15, -0.1) is 0 Å². The number of aliphatic carboxylic acids is 1. The van der Waals surface area contributed by atoms with E-state index in [4.69, 9.17) is 0 Å². The molecule has 2 heterocycles. The van der Waals surface area contributed by atoms with Crippen LogP contribution in [0.2, 0.25) is 0 Å². The maximum absolute atomic E-state index is 11.5. The Balaban J connectivity index is 1.44. The molecule has 0 amide bonds. The number of nitrogens with zero attached hydrogens (tertiary/aromatic N) is 2. The second kappa shape index (κ2) is 10.1. The Morgan fingerprint density at radius 2 is 1.92 bits per heavy atom. The Kier molecular flexibility index (Phi) is 6.91. The molecule has 0 atom stereocenters. The molecule has 0 spiro atoms. The summed E-state index contributed by atoms with van der Waals surface area (Å²) in [6, 6.07) is 16.6. The van der Waals surface area contributed by atoms with E-state index in [1.54, 1.807) is 11.3 Å². The highest BCUT2D eigenvalue weighted by Gasteiger charge is 2.28. The number of fused-ring (bicyclic) bond motifs is 2. The molecule has 0 unspecified atom stereocenters. The number of hydrogen-bond donors (Lipinski definition) is 1. The number of benzene rings is 2. The number of carboxylic acids is 1. The lowest BCUT2D eigenvalue weighted by Gasteiger charge is -2.31. The lowest BCUT2D eigenvalue weighted by atomic mass is 9.75. The monoisotopic (exact) mass is 515 g/mol. The van der Waals surface area contributed by atoms with Gasteiger partial charge in [-0.25, -0.2) is 4.79 Å². The number of thiazole rings is 1. The maximum Gasteiger partial charge on any atom is 0.370 e. The van der Waals surface area contributed by atoms with Crippen LogP contribution in [-0.4, -0.2) is 17.6 Å². The number of aromatic nitrogens is 1. The predicted octanol–water partition coefficient (Wildman–Crippen LogP) is 7.43. The van der Waals surface area contributed by atoms with E-state index in [1.807, 2.05) is 46.7 Å². The van der Waals surface area contributed by atoms with Crippen molar-refractivity contribution in [3.8, 4) is 0 Å². The number of rotatable bonds is 6. The normalized spacial score (nSPS) is 19.4. The molecule has 0 saturated carbocycles. The van der Waals surface area contributed by atoms with Gasteiger partial charge in [0.25, 0.3) is 5.01 Å². The van der Waals surface area contributed by atoms with Crippen LogP contribution in [0.4, 0.5) is 5.69 Å². The molecule has 2 aliphatic rings. The number of carbonyl (C=O) groups is 1. The first kappa shape index (κ1) is 24.6. The van der Waals surface area contributed by atoms with E-state index >= 15 is 0 Å². The van der Waals surface area contributed by atoms with Gasteiger partial charge in [-0.1, -0.05) is 79.4 Å². The third-order valence-corrected chi connectivity index (χ3v) is 8.72.